The Labute approximate surface area is 277 Å². The SMILES string of the molecule is CC(C)(C)N.COc1ccccc1CC1(C(=O)O)CCN(Cc2ccc(-c3noc(-c4ccc(CC(C)C)c(Cl)c4)n3)cc2)CC1. The lowest BCUT2D eigenvalue weighted by Gasteiger charge is -2.39. The molecule has 1 saturated heterocycles. The molecule has 9 heteroatoms. The largest absolute Gasteiger partial charge is 0.496 e. The standard InChI is InChI=1S/C33H36ClN3O4.C4H11N/c1-22(2)18-25-12-13-26(19-28(25)34)31-35-30(36-41-31)24-10-8-23(9-11-24)21-37-16-14-33(15-17-37,32(38)39)20-27-6-4-5-7-29(27)40-3;1-4(2,3)5/h4-13,19,22H,14-18,20-21H2,1-3H3,(H,38,39);5H2,1-3H3. The summed E-state index contributed by atoms with van der Waals surface area (Å²) in [5.41, 5.74) is 9.43. The number of aliphatic carboxylic acids is 1. The number of carboxylic acid groups (broad SMARTS) is 1. The molecule has 46 heavy (non-hydrogen) atoms. The van der Waals surface area contributed by atoms with Gasteiger partial charge in [0.25, 0.3) is 5.89 Å². The van der Waals surface area contributed by atoms with Crippen LogP contribution in [0.4, 0.5) is 0 Å². The molecule has 0 atom stereocenters. The highest BCUT2D eigenvalue weighted by Crippen LogP contribution is 2.38. The molecule has 3 aromatic carbocycles. The van der Waals surface area contributed by atoms with E-state index in [2.05, 4.69) is 41.0 Å². The number of para-hydroxylation sites is 1. The minimum absolute atomic E-state index is 0. The summed E-state index contributed by atoms with van der Waals surface area (Å²) in [5.74, 6) is 1.49. The average Bonchev–Trinajstić information content (AvgIpc) is 3.49. The number of rotatable bonds is 10. The lowest BCUT2D eigenvalue weighted by Crippen LogP contribution is -2.45. The molecule has 1 aromatic heterocycles. The Kier molecular flexibility index (Phi) is 11.6. The molecule has 0 aliphatic carbocycles. The number of likely N-dealkylation sites (tertiary alicyclic amines) is 1. The Hall–Kier alpha value is -3.72. The highest BCUT2D eigenvalue weighted by atomic mass is 35.5. The number of halogens is 1. The number of hydrogen-bond donors (Lipinski definition) is 2. The lowest BCUT2D eigenvalue weighted by atomic mass is 9.73. The van der Waals surface area contributed by atoms with E-state index in [9.17, 15) is 9.90 Å². The Bertz CT molecular complexity index is 1580. The van der Waals surface area contributed by atoms with Crippen LogP contribution in [0.2, 0.25) is 5.02 Å². The summed E-state index contributed by atoms with van der Waals surface area (Å²) in [6.45, 7) is 12.4. The summed E-state index contributed by atoms with van der Waals surface area (Å²) in [5, 5.41) is 15.1. The first-order valence-electron chi connectivity index (χ1n) is 15.8. The van der Waals surface area contributed by atoms with Crippen molar-refractivity contribution >= 4 is 17.6 Å². The fraction of sp³-hybridized carbons (Fsp3) is 0.432. The third-order valence-corrected chi connectivity index (χ3v) is 8.31. The first-order chi connectivity index (χ1) is 21.8. The van der Waals surface area contributed by atoms with Crippen LogP contribution in [0.25, 0.3) is 22.8 Å². The van der Waals surface area contributed by atoms with E-state index in [-0.39, 0.29) is 5.54 Å². The van der Waals surface area contributed by atoms with Crippen molar-refractivity contribution in [3.05, 3.63) is 88.4 Å². The molecule has 0 radical (unpaired) electrons. The number of nitrogens with two attached hydrogens (primary N) is 1. The summed E-state index contributed by atoms with van der Waals surface area (Å²) in [7, 11) is 1.63. The molecule has 1 aliphatic rings. The van der Waals surface area contributed by atoms with E-state index in [0.717, 1.165) is 59.6 Å². The molecule has 2 heterocycles. The molecule has 0 unspecified atom stereocenters. The molecule has 1 fully saturated rings. The average molecular weight is 647 g/mol. The lowest BCUT2D eigenvalue weighted by molar-refractivity contribution is -0.152. The maximum absolute atomic E-state index is 12.4. The van der Waals surface area contributed by atoms with Gasteiger partial charge in [-0.25, -0.2) is 0 Å². The van der Waals surface area contributed by atoms with E-state index in [0.29, 0.717) is 41.9 Å². The van der Waals surface area contributed by atoms with Gasteiger partial charge in [0, 0.05) is 28.2 Å². The highest BCUT2D eigenvalue weighted by molar-refractivity contribution is 6.31. The quantitative estimate of drug-likeness (QED) is 0.179. The zero-order valence-corrected chi connectivity index (χ0v) is 28.6. The normalized spacial score (nSPS) is 14.9. The zero-order chi connectivity index (χ0) is 33.5. The van der Waals surface area contributed by atoms with Gasteiger partial charge in [-0.2, -0.15) is 4.98 Å². The van der Waals surface area contributed by atoms with Crippen LogP contribution in [0.15, 0.2) is 71.3 Å². The summed E-state index contributed by atoms with van der Waals surface area (Å²) in [4.78, 5) is 19.3. The second-order valence-electron chi connectivity index (χ2n) is 13.7. The number of nitrogens with zero attached hydrogens (tertiary/aromatic N) is 3. The van der Waals surface area contributed by atoms with Crippen molar-refractivity contribution in [2.24, 2.45) is 17.1 Å². The van der Waals surface area contributed by atoms with Gasteiger partial charge in [0.15, 0.2) is 0 Å². The Balaban J connectivity index is 0.000000892. The smallest absolute Gasteiger partial charge is 0.310 e. The number of benzene rings is 3. The molecule has 5 rings (SSSR count). The second-order valence-corrected chi connectivity index (χ2v) is 14.1. The van der Waals surface area contributed by atoms with Gasteiger partial charge in [-0.15, -0.1) is 0 Å². The molecule has 3 N–H and O–H groups in total. The van der Waals surface area contributed by atoms with E-state index in [1.807, 2.05) is 75.4 Å². The Morgan fingerprint density at radius 2 is 1.67 bits per heavy atom. The molecule has 0 bridgehead atoms. The predicted molar refractivity (Wildman–Crippen MR) is 184 cm³/mol. The molecule has 1 aliphatic heterocycles. The maximum atomic E-state index is 12.4. The fourth-order valence-corrected chi connectivity index (χ4v) is 5.84. The van der Waals surface area contributed by atoms with Crippen LogP contribution in [0.3, 0.4) is 0 Å². The summed E-state index contributed by atoms with van der Waals surface area (Å²) in [6, 6.07) is 21.7. The van der Waals surface area contributed by atoms with E-state index >= 15 is 0 Å². The molecule has 0 amide bonds. The van der Waals surface area contributed by atoms with Crippen LogP contribution in [-0.4, -0.2) is 51.9 Å². The minimum Gasteiger partial charge on any atom is -0.496 e. The van der Waals surface area contributed by atoms with Crippen molar-refractivity contribution in [1.29, 1.82) is 0 Å². The van der Waals surface area contributed by atoms with Gasteiger partial charge in [-0.05, 0) is 100 Å². The predicted octanol–water partition coefficient (Wildman–Crippen LogP) is 7.92. The van der Waals surface area contributed by atoms with Gasteiger partial charge in [-0.3, -0.25) is 9.69 Å². The van der Waals surface area contributed by atoms with E-state index in [1.165, 1.54) is 0 Å². The van der Waals surface area contributed by atoms with E-state index in [4.69, 9.17) is 26.6 Å². The van der Waals surface area contributed by atoms with Crippen molar-refractivity contribution in [2.45, 2.75) is 72.4 Å². The first-order valence-corrected chi connectivity index (χ1v) is 16.2. The molecule has 0 spiro atoms. The van der Waals surface area contributed by atoms with Gasteiger partial charge in [-0.1, -0.05) is 79.1 Å². The molecular formula is C37H47ClN4O4. The number of ether oxygens (including phenoxy) is 1. The zero-order valence-electron chi connectivity index (χ0n) is 27.8. The van der Waals surface area contributed by atoms with Crippen molar-refractivity contribution < 1.29 is 19.2 Å². The second kappa shape index (κ2) is 15.2. The molecule has 0 saturated carbocycles. The minimum atomic E-state index is -0.787. The fourth-order valence-electron chi connectivity index (χ4n) is 5.58. The van der Waals surface area contributed by atoms with Crippen LogP contribution in [-0.2, 0) is 24.2 Å². The number of aromatic nitrogens is 2. The Morgan fingerprint density at radius 1 is 1.04 bits per heavy atom. The van der Waals surface area contributed by atoms with Crippen molar-refractivity contribution in [2.75, 3.05) is 20.2 Å². The third kappa shape index (κ3) is 9.64. The van der Waals surface area contributed by atoms with Gasteiger partial charge < -0.3 is 20.1 Å². The highest BCUT2D eigenvalue weighted by Gasteiger charge is 2.42. The molecule has 4 aromatic rings. The third-order valence-electron chi connectivity index (χ3n) is 7.96. The summed E-state index contributed by atoms with van der Waals surface area (Å²) >= 11 is 6.50. The molecular weight excluding hydrogens is 600 g/mol. The van der Waals surface area contributed by atoms with Crippen LogP contribution in [0, 0.1) is 11.3 Å². The molecule has 246 valence electrons. The topological polar surface area (TPSA) is 115 Å². The summed E-state index contributed by atoms with van der Waals surface area (Å²) < 4.78 is 11.0. The van der Waals surface area contributed by atoms with Crippen LogP contribution in [0.5, 0.6) is 5.75 Å². The van der Waals surface area contributed by atoms with Crippen molar-refractivity contribution in [1.82, 2.24) is 15.0 Å². The van der Waals surface area contributed by atoms with Crippen LogP contribution >= 0.6 is 11.6 Å². The number of hydrogen-bond acceptors (Lipinski definition) is 7. The van der Waals surface area contributed by atoms with Gasteiger partial charge in [0.1, 0.15) is 5.75 Å². The van der Waals surface area contributed by atoms with Gasteiger partial charge >= 0.3 is 5.97 Å². The van der Waals surface area contributed by atoms with Crippen LogP contribution in [0.1, 0.15) is 64.2 Å². The number of methoxy groups -OCH3 is 1. The van der Waals surface area contributed by atoms with Gasteiger partial charge in [0.2, 0.25) is 5.82 Å². The summed E-state index contributed by atoms with van der Waals surface area (Å²) in [6.07, 6.45) is 2.57. The van der Waals surface area contributed by atoms with Crippen molar-refractivity contribution in [3.8, 4) is 28.6 Å². The maximum Gasteiger partial charge on any atom is 0.310 e. The van der Waals surface area contributed by atoms with Gasteiger partial charge in [0.05, 0.1) is 12.5 Å². The van der Waals surface area contributed by atoms with Crippen molar-refractivity contribution in [3.63, 3.8) is 0 Å². The Morgan fingerprint density at radius 3 is 2.26 bits per heavy atom. The number of carboxylic acids is 1. The number of carbonyl (C=O) groups is 1. The van der Waals surface area contributed by atoms with Crippen LogP contribution < -0.4 is 10.5 Å². The monoisotopic (exact) mass is 646 g/mol. The van der Waals surface area contributed by atoms with E-state index < -0.39 is 11.4 Å². The molecule has 8 nitrogen and oxygen atoms in total. The first kappa shape index (κ1) is 35.1. The van der Waals surface area contributed by atoms with E-state index in [1.54, 1.807) is 7.11 Å². The number of piperidine rings is 1.